The normalized spacial score (nSPS) is 10.8. The molecule has 0 fully saturated rings. The van der Waals surface area contributed by atoms with Gasteiger partial charge in [-0.05, 0) is 78.4 Å². The number of benzene rings is 1. The summed E-state index contributed by atoms with van der Waals surface area (Å²) in [5, 5.41) is 18.8. The molecule has 0 aliphatic heterocycles. The standard InChI is InChI=1S/C35H22N4O5/c40-34(41)12-11-23-13-15-36-29(17-23)31-19-25(35(42)43)20-32(38-31)30-18-24(14-16-37-30)33-21-28(22-44-33)39(26-7-3-1-4-8-26)27-9-5-2-6-10-27/h1-5,7-9,11-22H,(H,40,41)(H,42,43)/b12-11+. The van der Waals surface area contributed by atoms with E-state index in [9.17, 15) is 14.7 Å². The van der Waals surface area contributed by atoms with Gasteiger partial charge in [-0.1, -0.05) is 30.3 Å². The van der Waals surface area contributed by atoms with E-state index in [-0.39, 0.29) is 5.56 Å². The number of nitrogens with zero attached hydrogens (tertiary/aromatic N) is 4. The summed E-state index contributed by atoms with van der Waals surface area (Å²) in [7, 11) is 0. The van der Waals surface area contributed by atoms with E-state index in [1.807, 2.05) is 53.4 Å². The first-order chi connectivity index (χ1) is 21.4. The first-order valence-corrected chi connectivity index (χ1v) is 13.4. The zero-order valence-corrected chi connectivity index (χ0v) is 23.0. The summed E-state index contributed by atoms with van der Waals surface area (Å²) >= 11 is 0. The van der Waals surface area contributed by atoms with Gasteiger partial charge >= 0.3 is 11.9 Å². The largest absolute Gasteiger partial charge is 0.478 e. The highest BCUT2D eigenvalue weighted by atomic mass is 16.4. The molecule has 9 nitrogen and oxygen atoms in total. The minimum atomic E-state index is -1.14. The first-order valence-electron chi connectivity index (χ1n) is 13.4. The van der Waals surface area contributed by atoms with E-state index < -0.39 is 11.9 Å². The predicted molar refractivity (Wildman–Crippen MR) is 164 cm³/mol. The van der Waals surface area contributed by atoms with Crippen LogP contribution in [0.1, 0.15) is 15.9 Å². The average Bonchev–Trinajstić information content (AvgIpc) is 3.55. The van der Waals surface area contributed by atoms with E-state index in [0.29, 0.717) is 39.7 Å². The van der Waals surface area contributed by atoms with E-state index in [2.05, 4.69) is 27.1 Å². The van der Waals surface area contributed by atoms with Gasteiger partial charge in [-0.2, -0.15) is 0 Å². The highest BCUT2D eigenvalue weighted by molar-refractivity contribution is 5.91. The summed E-state index contributed by atoms with van der Waals surface area (Å²) in [5.41, 5.74) is 5.20. The third-order valence-electron chi connectivity index (χ3n) is 6.58. The van der Waals surface area contributed by atoms with Crippen LogP contribution in [-0.4, -0.2) is 37.1 Å². The van der Waals surface area contributed by atoms with E-state index in [4.69, 9.17) is 9.52 Å². The van der Waals surface area contributed by atoms with Gasteiger partial charge in [-0.3, -0.25) is 14.9 Å². The number of carbonyl (C=O) groups is 2. The van der Waals surface area contributed by atoms with Crippen molar-refractivity contribution in [3.05, 3.63) is 139 Å². The minimum absolute atomic E-state index is 0.000174. The van der Waals surface area contributed by atoms with Gasteiger partial charge in [0.05, 0.1) is 39.7 Å². The lowest BCUT2D eigenvalue weighted by molar-refractivity contribution is -0.131. The van der Waals surface area contributed by atoms with E-state index >= 15 is 0 Å². The van der Waals surface area contributed by atoms with Gasteiger partial charge in [-0.25, -0.2) is 14.6 Å². The molecule has 2 N–H and O–H groups in total. The zero-order chi connectivity index (χ0) is 30.5. The molecule has 0 spiro atoms. The number of hydrogen-bond acceptors (Lipinski definition) is 7. The van der Waals surface area contributed by atoms with Gasteiger partial charge in [0.2, 0.25) is 0 Å². The van der Waals surface area contributed by atoms with Crippen LogP contribution in [0.25, 0.3) is 40.2 Å². The monoisotopic (exact) mass is 578 g/mol. The maximum Gasteiger partial charge on any atom is 0.335 e. The minimum Gasteiger partial charge on any atom is -0.478 e. The van der Waals surface area contributed by atoms with E-state index in [0.717, 1.165) is 23.1 Å². The maximum atomic E-state index is 12.0. The maximum absolute atomic E-state index is 12.0. The van der Waals surface area contributed by atoms with Crippen LogP contribution in [0.15, 0.2) is 120 Å². The molecule has 0 amide bonds. The van der Waals surface area contributed by atoms with Crippen molar-refractivity contribution in [3.63, 3.8) is 0 Å². The smallest absolute Gasteiger partial charge is 0.335 e. The van der Waals surface area contributed by atoms with Crippen LogP contribution in [-0.2, 0) is 4.79 Å². The number of rotatable bonds is 9. The quantitative estimate of drug-likeness (QED) is 0.169. The molecule has 4 heterocycles. The Kier molecular flexibility index (Phi) is 7.63. The Bertz CT molecular complexity index is 1950. The molecule has 0 saturated carbocycles. The molecule has 0 bridgehead atoms. The number of furan rings is 1. The van der Waals surface area contributed by atoms with Crippen LogP contribution < -0.4 is 4.90 Å². The highest BCUT2D eigenvalue weighted by Crippen LogP contribution is 2.37. The fourth-order valence-corrected chi connectivity index (χ4v) is 4.57. The molecule has 0 saturated heterocycles. The van der Waals surface area contributed by atoms with Crippen LogP contribution in [0.2, 0.25) is 0 Å². The molecule has 44 heavy (non-hydrogen) atoms. The Morgan fingerprint density at radius 3 is 2.25 bits per heavy atom. The summed E-state index contributed by atoms with van der Waals surface area (Å²) in [5.74, 6) is -1.66. The van der Waals surface area contributed by atoms with Crippen molar-refractivity contribution >= 4 is 35.1 Å². The molecule has 4 aromatic heterocycles. The predicted octanol–water partition coefficient (Wildman–Crippen LogP) is 7.33. The third-order valence-corrected chi connectivity index (χ3v) is 6.58. The fraction of sp³-hybridized carbons (Fsp3) is 0. The van der Waals surface area contributed by atoms with Crippen molar-refractivity contribution < 1.29 is 24.2 Å². The summed E-state index contributed by atoms with van der Waals surface area (Å²) in [6.45, 7) is 0. The Morgan fingerprint density at radius 1 is 0.795 bits per heavy atom. The zero-order valence-electron chi connectivity index (χ0n) is 23.0. The molecular formula is C35H22N4O5. The Morgan fingerprint density at radius 2 is 1.55 bits per heavy atom. The molecule has 2 aromatic carbocycles. The van der Waals surface area contributed by atoms with Crippen LogP contribution in [0.5, 0.6) is 0 Å². The second-order valence-electron chi connectivity index (χ2n) is 9.53. The fourth-order valence-electron chi connectivity index (χ4n) is 4.57. The van der Waals surface area contributed by atoms with Crippen molar-refractivity contribution in [3.8, 4) is 34.1 Å². The number of carboxylic acids is 2. The second kappa shape index (κ2) is 12.1. The van der Waals surface area contributed by atoms with Gasteiger partial charge in [-0.15, -0.1) is 0 Å². The van der Waals surface area contributed by atoms with E-state index in [1.54, 1.807) is 42.8 Å². The Labute approximate surface area is 252 Å². The molecule has 0 radical (unpaired) electrons. The lowest BCUT2D eigenvalue weighted by atomic mass is 10.1. The van der Waals surface area contributed by atoms with Crippen molar-refractivity contribution in [1.29, 1.82) is 0 Å². The topological polar surface area (TPSA) is 130 Å². The van der Waals surface area contributed by atoms with Gasteiger partial charge in [0.1, 0.15) is 12.0 Å². The number of pyridine rings is 3. The number of carboxylic acid groups (broad SMARTS) is 2. The summed E-state index contributed by atoms with van der Waals surface area (Å²) < 4.78 is 6.01. The van der Waals surface area contributed by atoms with Gasteiger partial charge < -0.3 is 14.6 Å². The molecule has 0 unspecified atom stereocenters. The molecule has 6 aromatic rings. The SMILES string of the molecule is O=C(O)/C=C/c1ccnc(-c2cc(C(=O)O)cc(-c3cc(-c4cc(N(c5c#cccc5)c5ccccc5)co4)ccn3)n2)c1. The Hall–Kier alpha value is -6.53. The summed E-state index contributed by atoms with van der Waals surface area (Å²) in [4.78, 5) is 38.4. The first kappa shape index (κ1) is 27.6. The van der Waals surface area contributed by atoms with Gasteiger partial charge in [0.15, 0.2) is 0 Å². The number of anilines is 3. The Balaban J connectivity index is 1.37. The lowest BCUT2D eigenvalue weighted by Crippen LogP contribution is -2.08. The molecular weight excluding hydrogens is 556 g/mol. The van der Waals surface area contributed by atoms with E-state index in [1.165, 1.54) is 24.4 Å². The van der Waals surface area contributed by atoms with Crippen molar-refractivity contribution in [2.45, 2.75) is 0 Å². The second-order valence-corrected chi connectivity index (χ2v) is 9.53. The van der Waals surface area contributed by atoms with Crippen LogP contribution in [0.3, 0.4) is 0 Å². The average molecular weight is 579 g/mol. The van der Waals surface area contributed by atoms with Crippen LogP contribution in [0, 0.1) is 12.1 Å². The van der Waals surface area contributed by atoms with Crippen LogP contribution >= 0.6 is 0 Å². The molecule has 9 heteroatoms. The van der Waals surface area contributed by atoms with Gasteiger partial charge in [0.25, 0.3) is 0 Å². The van der Waals surface area contributed by atoms with Crippen molar-refractivity contribution in [2.75, 3.05) is 4.90 Å². The van der Waals surface area contributed by atoms with Crippen molar-refractivity contribution in [1.82, 2.24) is 15.0 Å². The summed E-state index contributed by atoms with van der Waals surface area (Å²) in [6.07, 6.45) is 7.19. The van der Waals surface area contributed by atoms with Gasteiger partial charge in [0, 0.05) is 35.8 Å². The number of aliphatic carboxylic acids is 1. The number of aromatic nitrogens is 3. The molecule has 6 rings (SSSR count). The number of hydrogen-bond donors (Lipinski definition) is 2. The lowest BCUT2D eigenvalue weighted by Gasteiger charge is -2.21. The highest BCUT2D eigenvalue weighted by Gasteiger charge is 2.18. The molecule has 0 aliphatic carbocycles. The number of aromatic carboxylic acids is 1. The summed E-state index contributed by atoms with van der Waals surface area (Å²) in [6, 6.07) is 33.2. The van der Waals surface area contributed by atoms with Crippen LogP contribution in [0.4, 0.5) is 17.1 Å². The van der Waals surface area contributed by atoms with Crippen molar-refractivity contribution in [2.24, 2.45) is 0 Å². The third kappa shape index (κ3) is 6.05. The molecule has 212 valence electrons. The molecule has 0 aliphatic rings. The molecule has 0 atom stereocenters. The number of para-hydroxylation sites is 1.